The van der Waals surface area contributed by atoms with Crippen molar-refractivity contribution >= 4 is 23.9 Å². The molecule has 15 heavy (non-hydrogen) atoms. The van der Waals surface area contributed by atoms with Crippen LogP contribution in [0.5, 0.6) is 0 Å². The molecule has 80 valence electrons. The molecule has 0 aliphatic rings. The van der Waals surface area contributed by atoms with Gasteiger partial charge in [0.05, 0.1) is 0 Å². The zero-order valence-corrected chi connectivity index (χ0v) is 7.54. The van der Waals surface area contributed by atoms with E-state index in [2.05, 4.69) is 19.4 Å². The van der Waals surface area contributed by atoms with Crippen LogP contribution in [0.2, 0.25) is 0 Å². The number of aromatic nitrogens is 1. The maximum absolute atomic E-state index is 10.5. The lowest BCUT2D eigenvalue weighted by atomic mass is 10.3. The molecule has 0 atom stereocenters. The standard InChI is InChI=1S/C7H8N4O4/c8-6(13)3-15-11-4(1-12)5-2-14-7(9)10-5/h1-2H,3H2,(H2,8,13)(H2,9,10). The number of nitrogens with zero attached hydrogens (tertiary/aromatic N) is 2. The quantitative estimate of drug-likeness (QED) is 0.352. The van der Waals surface area contributed by atoms with E-state index in [1.807, 2.05) is 0 Å². The maximum Gasteiger partial charge on any atom is 0.292 e. The molecule has 8 heteroatoms. The van der Waals surface area contributed by atoms with Crippen LogP contribution in [0.3, 0.4) is 0 Å². The Bertz CT molecular complexity index is 397. The maximum atomic E-state index is 10.5. The second kappa shape index (κ2) is 4.74. The minimum atomic E-state index is -0.705. The van der Waals surface area contributed by atoms with Gasteiger partial charge in [0.1, 0.15) is 12.0 Å². The Kier molecular flexibility index (Phi) is 3.38. The Morgan fingerprint density at radius 3 is 2.93 bits per heavy atom. The van der Waals surface area contributed by atoms with Gasteiger partial charge in [-0.05, 0) is 0 Å². The molecule has 8 nitrogen and oxygen atoms in total. The normalized spacial score (nSPS) is 11.1. The molecule has 0 saturated heterocycles. The molecule has 0 unspecified atom stereocenters. The number of hydrogen-bond donors (Lipinski definition) is 2. The molecule has 0 aromatic carbocycles. The second-order valence-electron chi connectivity index (χ2n) is 2.41. The van der Waals surface area contributed by atoms with Crippen LogP contribution in [0, 0.1) is 0 Å². The monoisotopic (exact) mass is 212 g/mol. The summed E-state index contributed by atoms with van der Waals surface area (Å²) < 4.78 is 4.65. The number of amides is 1. The number of rotatable bonds is 5. The number of nitrogen functional groups attached to an aromatic ring is 1. The summed E-state index contributed by atoms with van der Waals surface area (Å²) in [7, 11) is 0. The minimum absolute atomic E-state index is 0.102. The van der Waals surface area contributed by atoms with Crippen LogP contribution in [0.1, 0.15) is 5.69 Å². The zero-order valence-electron chi connectivity index (χ0n) is 7.54. The minimum Gasteiger partial charge on any atom is -0.432 e. The van der Waals surface area contributed by atoms with E-state index >= 15 is 0 Å². The molecule has 1 aromatic heterocycles. The van der Waals surface area contributed by atoms with E-state index in [0.29, 0.717) is 6.29 Å². The van der Waals surface area contributed by atoms with E-state index in [1.165, 1.54) is 0 Å². The van der Waals surface area contributed by atoms with Gasteiger partial charge >= 0.3 is 0 Å². The van der Waals surface area contributed by atoms with Crippen molar-refractivity contribution in [3.05, 3.63) is 12.0 Å². The summed E-state index contributed by atoms with van der Waals surface area (Å²) in [4.78, 5) is 28.9. The van der Waals surface area contributed by atoms with Gasteiger partial charge in [0.25, 0.3) is 11.9 Å². The lowest BCUT2D eigenvalue weighted by Gasteiger charge is -1.94. The van der Waals surface area contributed by atoms with Gasteiger partial charge in [0.2, 0.25) is 0 Å². The SMILES string of the molecule is NC(=O)CON=C(C=O)c1coc(N)n1. The first-order valence-electron chi connectivity index (χ1n) is 3.78. The van der Waals surface area contributed by atoms with Crippen molar-refractivity contribution in [3.63, 3.8) is 0 Å². The first kappa shape index (κ1) is 10.7. The highest BCUT2D eigenvalue weighted by molar-refractivity contribution is 6.35. The van der Waals surface area contributed by atoms with E-state index in [1.54, 1.807) is 0 Å². The molecule has 4 N–H and O–H groups in total. The molecular weight excluding hydrogens is 204 g/mol. The average molecular weight is 212 g/mol. The number of hydrogen-bond acceptors (Lipinski definition) is 7. The lowest BCUT2D eigenvalue weighted by Crippen LogP contribution is -2.17. The highest BCUT2D eigenvalue weighted by Crippen LogP contribution is 2.03. The Hall–Kier alpha value is -2.38. The molecule has 0 saturated carbocycles. The third kappa shape index (κ3) is 3.10. The number of anilines is 1. The molecule has 1 aromatic rings. The Morgan fingerprint density at radius 2 is 2.47 bits per heavy atom. The van der Waals surface area contributed by atoms with Crippen LogP contribution in [0.4, 0.5) is 6.01 Å². The van der Waals surface area contributed by atoms with Gasteiger partial charge in [-0.15, -0.1) is 0 Å². The Labute approximate surface area is 83.9 Å². The van der Waals surface area contributed by atoms with Crippen molar-refractivity contribution in [3.8, 4) is 0 Å². The summed E-state index contributed by atoms with van der Waals surface area (Å²) in [5.41, 5.74) is 9.95. The number of nitrogens with two attached hydrogens (primary N) is 2. The number of aldehydes is 1. The zero-order chi connectivity index (χ0) is 11.3. The smallest absolute Gasteiger partial charge is 0.292 e. The fourth-order valence-electron chi connectivity index (χ4n) is 0.699. The van der Waals surface area contributed by atoms with E-state index in [4.69, 9.17) is 11.5 Å². The summed E-state index contributed by atoms with van der Waals surface area (Å²) >= 11 is 0. The fraction of sp³-hybridized carbons (Fsp3) is 0.143. The van der Waals surface area contributed by atoms with Gasteiger partial charge in [-0.3, -0.25) is 9.59 Å². The number of oxime groups is 1. The summed E-state index contributed by atoms with van der Waals surface area (Å²) in [6.45, 7) is -0.426. The van der Waals surface area contributed by atoms with E-state index in [0.717, 1.165) is 6.26 Å². The van der Waals surface area contributed by atoms with Crippen molar-refractivity contribution in [1.82, 2.24) is 4.98 Å². The Balaban J connectivity index is 2.71. The topological polar surface area (TPSA) is 134 Å². The van der Waals surface area contributed by atoms with Crippen molar-refractivity contribution in [2.75, 3.05) is 12.3 Å². The molecule has 1 heterocycles. The van der Waals surface area contributed by atoms with Crippen LogP contribution in [0.25, 0.3) is 0 Å². The van der Waals surface area contributed by atoms with Gasteiger partial charge in [-0.1, -0.05) is 5.16 Å². The van der Waals surface area contributed by atoms with E-state index in [-0.39, 0.29) is 17.4 Å². The van der Waals surface area contributed by atoms with Crippen LogP contribution in [-0.2, 0) is 14.4 Å². The van der Waals surface area contributed by atoms with Crippen molar-refractivity contribution in [1.29, 1.82) is 0 Å². The van der Waals surface area contributed by atoms with E-state index < -0.39 is 12.5 Å². The van der Waals surface area contributed by atoms with Crippen LogP contribution < -0.4 is 11.5 Å². The van der Waals surface area contributed by atoms with Gasteiger partial charge in [-0.25, -0.2) is 0 Å². The van der Waals surface area contributed by atoms with Crippen molar-refractivity contribution < 1.29 is 18.8 Å². The summed E-state index contributed by atoms with van der Waals surface area (Å²) in [6.07, 6.45) is 1.52. The van der Waals surface area contributed by atoms with Gasteiger partial charge in [0.15, 0.2) is 18.6 Å². The molecular formula is C7H8N4O4. The van der Waals surface area contributed by atoms with Crippen LogP contribution in [-0.4, -0.2) is 29.5 Å². The second-order valence-corrected chi connectivity index (χ2v) is 2.41. The number of primary amides is 1. The Morgan fingerprint density at radius 1 is 1.73 bits per heavy atom. The van der Waals surface area contributed by atoms with Crippen LogP contribution >= 0.6 is 0 Å². The molecule has 1 amide bonds. The summed E-state index contributed by atoms with van der Waals surface area (Å²) in [5.74, 6) is -0.705. The van der Waals surface area contributed by atoms with Crippen molar-refractivity contribution in [2.24, 2.45) is 10.9 Å². The first-order chi connectivity index (χ1) is 7.13. The fourth-order valence-corrected chi connectivity index (χ4v) is 0.699. The summed E-state index contributed by atoms with van der Waals surface area (Å²) in [6, 6.07) is -0.102. The third-order valence-electron chi connectivity index (χ3n) is 1.27. The van der Waals surface area contributed by atoms with Gasteiger partial charge < -0.3 is 20.7 Å². The highest BCUT2D eigenvalue weighted by atomic mass is 16.6. The van der Waals surface area contributed by atoms with Crippen molar-refractivity contribution in [2.45, 2.75) is 0 Å². The number of carbonyl (C=O) groups is 2. The van der Waals surface area contributed by atoms with Gasteiger partial charge in [-0.2, -0.15) is 4.98 Å². The molecule has 1 rings (SSSR count). The molecule has 0 aliphatic heterocycles. The number of carbonyl (C=O) groups excluding carboxylic acids is 2. The molecule has 0 spiro atoms. The number of oxazole rings is 1. The third-order valence-corrected chi connectivity index (χ3v) is 1.27. The largest absolute Gasteiger partial charge is 0.432 e. The molecule has 0 radical (unpaired) electrons. The highest BCUT2D eigenvalue weighted by Gasteiger charge is 2.08. The van der Waals surface area contributed by atoms with E-state index in [9.17, 15) is 9.59 Å². The van der Waals surface area contributed by atoms with Crippen LogP contribution in [0.15, 0.2) is 15.8 Å². The summed E-state index contributed by atoms with van der Waals surface area (Å²) in [5, 5.41) is 3.34. The molecule has 0 aliphatic carbocycles. The predicted molar refractivity (Wildman–Crippen MR) is 48.7 cm³/mol. The van der Waals surface area contributed by atoms with Gasteiger partial charge in [0, 0.05) is 0 Å². The average Bonchev–Trinajstić information content (AvgIpc) is 2.59. The first-order valence-corrected chi connectivity index (χ1v) is 3.78. The predicted octanol–water partition coefficient (Wildman–Crippen LogP) is -1.34. The molecule has 0 bridgehead atoms. The lowest BCUT2D eigenvalue weighted by molar-refractivity contribution is -0.122. The molecule has 0 fully saturated rings.